The fourth-order valence-corrected chi connectivity index (χ4v) is 4.02. The van der Waals surface area contributed by atoms with Crippen LogP contribution < -0.4 is 4.74 Å². The van der Waals surface area contributed by atoms with Gasteiger partial charge in [0, 0.05) is 12.6 Å². The number of rotatable bonds is 6. The molecule has 1 aliphatic carbocycles. The van der Waals surface area contributed by atoms with Gasteiger partial charge in [-0.2, -0.15) is 0 Å². The average molecular weight is 358 g/mol. The van der Waals surface area contributed by atoms with Crippen LogP contribution in [0.15, 0.2) is 18.3 Å². The number of ether oxygens (including phenoxy) is 1. The molecule has 0 spiro atoms. The molecule has 0 aromatic carbocycles. The normalized spacial score (nSPS) is 17.0. The zero-order chi connectivity index (χ0) is 18.7. The minimum Gasteiger partial charge on any atom is -0.490 e. The summed E-state index contributed by atoms with van der Waals surface area (Å²) < 4.78 is 7.33. The van der Waals surface area contributed by atoms with Gasteiger partial charge in [-0.05, 0) is 38.8 Å². The van der Waals surface area contributed by atoms with Crippen LogP contribution in [0.3, 0.4) is 0 Å². The third-order valence-corrected chi connectivity index (χ3v) is 5.37. The molecule has 2 aromatic rings. The number of Topliss-reactive ketones (excluding diaryl/α,β-unsaturated/α-hetero) is 1. The van der Waals surface area contributed by atoms with Crippen LogP contribution in [0.25, 0.3) is 5.65 Å². The van der Waals surface area contributed by atoms with Gasteiger partial charge in [0.1, 0.15) is 5.69 Å². The van der Waals surface area contributed by atoms with E-state index in [1.165, 1.54) is 0 Å². The summed E-state index contributed by atoms with van der Waals surface area (Å²) in [4.78, 5) is 29.7. The van der Waals surface area contributed by atoms with Gasteiger partial charge in [0.15, 0.2) is 17.2 Å². The van der Waals surface area contributed by atoms with Gasteiger partial charge < -0.3 is 9.84 Å². The topological polar surface area (TPSA) is 80.9 Å². The highest BCUT2D eigenvalue weighted by Gasteiger charge is 2.41. The predicted octanol–water partition coefficient (Wildman–Crippen LogP) is 4.04. The summed E-state index contributed by atoms with van der Waals surface area (Å²) in [5.41, 5.74) is 0.713. The molecule has 0 bridgehead atoms. The van der Waals surface area contributed by atoms with Gasteiger partial charge in [0.25, 0.3) is 0 Å². The van der Waals surface area contributed by atoms with E-state index in [0.717, 1.165) is 25.7 Å². The Hall–Kier alpha value is -2.37. The summed E-state index contributed by atoms with van der Waals surface area (Å²) in [7, 11) is 0. The Morgan fingerprint density at radius 3 is 2.58 bits per heavy atom. The monoisotopic (exact) mass is 358 g/mol. The Morgan fingerprint density at radius 2 is 1.96 bits per heavy atom. The number of fused-ring (bicyclic) bond motifs is 1. The standard InChI is InChI=1S/C20H26N2O4/c1-3-26-16-9-8-12-22-17(14(2)21-18(16)22)15(23)13-20(19(24)25)10-6-4-5-7-11-20/h8-9,12H,3-7,10-11,13H2,1-2H3,(H,24,25). The number of carboxylic acids is 1. The molecule has 1 saturated carbocycles. The highest BCUT2D eigenvalue weighted by molar-refractivity contribution is 5.99. The minimum absolute atomic E-state index is 0.0236. The summed E-state index contributed by atoms with van der Waals surface area (Å²) in [5, 5.41) is 9.86. The minimum atomic E-state index is -0.957. The first-order valence-electron chi connectivity index (χ1n) is 9.35. The molecule has 3 rings (SSSR count). The van der Waals surface area contributed by atoms with Gasteiger partial charge in [0.05, 0.1) is 17.7 Å². The summed E-state index contributed by atoms with van der Waals surface area (Å²) in [5.74, 6) is -0.387. The van der Waals surface area contributed by atoms with Gasteiger partial charge >= 0.3 is 5.97 Å². The second kappa shape index (κ2) is 7.48. The molecule has 1 N–H and O–H groups in total. The zero-order valence-electron chi connectivity index (χ0n) is 15.5. The van der Waals surface area contributed by atoms with Crippen molar-refractivity contribution in [1.82, 2.24) is 9.38 Å². The molecule has 2 heterocycles. The molecule has 0 aliphatic heterocycles. The number of aliphatic carboxylic acids is 1. The van der Waals surface area contributed by atoms with Crippen LogP contribution in [0.2, 0.25) is 0 Å². The number of nitrogens with zero attached hydrogens (tertiary/aromatic N) is 2. The summed E-state index contributed by atoms with van der Waals surface area (Å²) in [6.07, 6.45) is 6.73. The third kappa shape index (κ3) is 3.32. The molecule has 0 saturated heterocycles. The van der Waals surface area contributed by atoms with Crippen molar-refractivity contribution in [2.24, 2.45) is 5.41 Å². The Morgan fingerprint density at radius 1 is 1.27 bits per heavy atom. The first-order chi connectivity index (χ1) is 12.5. The maximum Gasteiger partial charge on any atom is 0.310 e. The molecule has 1 aliphatic rings. The van der Waals surface area contributed by atoms with Crippen molar-refractivity contribution in [2.45, 2.75) is 58.8 Å². The second-order valence-corrected chi connectivity index (χ2v) is 7.14. The fourth-order valence-electron chi connectivity index (χ4n) is 4.02. The summed E-state index contributed by atoms with van der Waals surface area (Å²) >= 11 is 0. The Bertz CT molecular complexity index is 817. The number of hydrogen-bond acceptors (Lipinski definition) is 4. The van der Waals surface area contributed by atoms with Crippen molar-refractivity contribution in [2.75, 3.05) is 6.61 Å². The predicted molar refractivity (Wildman–Crippen MR) is 97.8 cm³/mol. The van der Waals surface area contributed by atoms with Crippen LogP contribution in [-0.2, 0) is 4.79 Å². The highest BCUT2D eigenvalue weighted by Crippen LogP contribution is 2.39. The number of carboxylic acid groups (broad SMARTS) is 1. The number of ketones is 1. The van der Waals surface area contributed by atoms with Crippen molar-refractivity contribution in [3.8, 4) is 5.75 Å². The van der Waals surface area contributed by atoms with Gasteiger partial charge in [-0.3, -0.25) is 14.0 Å². The number of carbonyl (C=O) groups excluding carboxylic acids is 1. The molecule has 0 atom stereocenters. The summed E-state index contributed by atoms with van der Waals surface area (Å²) in [6.45, 7) is 4.20. The van der Waals surface area contributed by atoms with Crippen LogP contribution in [0.4, 0.5) is 0 Å². The molecule has 1 fully saturated rings. The van der Waals surface area contributed by atoms with E-state index in [-0.39, 0.29) is 12.2 Å². The van der Waals surface area contributed by atoms with E-state index in [0.29, 0.717) is 42.2 Å². The van der Waals surface area contributed by atoms with E-state index in [1.54, 1.807) is 17.5 Å². The number of imidazole rings is 1. The van der Waals surface area contributed by atoms with Gasteiger partial charge in [-0.15, -0.1) is 0 Å². The lowest BCUT2D eigenvalue weighted by Gasteiger charge is -2.27. The van der Waals surface area contributed by atoms with Gasteiger partial charge in [-0.25, -0.2) is 4.98 Å². The van der Waals surface area contributed by atoms with E-state index in [9.17, 15) is 14.7 Å². The molecule has 0 unspecified atom stereocenters. The first kappa shape index (κ1) is 18.4. The van der Waals surface area contributed by atoms with E-state index >= 15 is 0 Å². The van der Waals surface area contributed by atoms with Crippen molar-refractivity contribution < 1.29 is 19.4 Å². The Kier molecular flexibility index (Phi) is 5.30. The lowest BCUT2D eigenvalue weighted by atomic mass is 9.75. The van der Waals surface area contributed by atoms with Gasteiger partial charge in [0.2, 0.25) is 0 Å². The smallest absolute Gasteiger partial charge is 0.310 e. The van der Waals surface area contributed by atoms with Crippen molar-refractivity contribution >= 4 is 17.4 Å². The van der Waals surface area contributed by atoms with E-state index in [2.05, 4.69) is 4.98 Å². The van der Waals surface area contributed by atoms with Crippen LogP contribution in [0.1, 0.15) is 68.1 Å². The number of hydrogen-bond donors (Lipinski definition) is 1. The molecule has 26 heavy (non-hydrogen) atoms. The summed E-state index contributed by atoms with van der Waals surface area (Å²) in [6, 6.07) is 3.64. The van der Waals surface area contributed by atoms with E-state index in [4.69, 9.17) is 4.74 Å². The molecular formula is C20H26N2O4. The Balaban J connectivity index is 1.98. The van der Waals surface area contributed by atoms with Gasteiger partial charge in [-0.1, -0.05) is 25.7 Å². The van der Waals surface area contributed by atoms with Crippen molar-refractivity contribution in [3.05, 3.63) is 29.7 Å². The average Bonchev–Trinajstić information content (AvgIpc) is 2.77. The largest absolute Gasteiger partial charge is 0.490 e. The fraction of sp³-hybridized carbons (Fsp3) is 0.550. The molecule has 140 valence electrons. The zero-order valence-corrected chi connectivity index (χ0v) is 15.5. The highest BCUT2D eigenvalue weighted by atomic mass is 16.5. The number of pyridine rings is 1. The van der Waals surface area contributed by atoms with Crippen molar-refractivity contribution in [3.63, 3.8) is 0 Å². The molecule has 0 radical (unpaired) electrons. The van der Waals surface area contributed by atoms with Crippen LogP contribution in [0, 0.1) is 12.3 Å². The van der Waals surface area contributed by atoms with Crippen LogP contribution in [-0.4, -0.2) is 32.9 Å². The number of carbonyl (C=O) groups is 2. The SMILES string of the molecule is CCOc1cccn2c(C(=O)CC3(C(=O)O)CCCCCC3)c(C)nc12. The number of aryl methyl sites for hydroxylation is 1. The lowest BCUT2D eigenvalue weighted by Crippen LogP contribution is -2.33. The lowest BCUT2D eigenvalue weighted by molar-refractivity contribution is -0.149. The molecular weight excluding hydrogens is 332 g/mol. The first-order valence-corrected chi connectivity index (χ1v) is 9.35. The Labute approximate surface area is 153 Å². The van der Waals surface area contributed by atoms with Crippen LogP contribution >= 0.6 is 0 Å². The maximum absolute atomic E-state index is 13.1. The quantitative estimate of drug-likeness (QED) is 0.622. The second-order valence-electron chi connectivity index (χ2n) is 7.14. The molecule has 6 heteroatoms. The van der Waals surface area contributed by atoms with Crippen LogP contribution in [0.5, 0.6) is 5.75 Å². The third-order valence-electron chi connectivity index (χ3n) is 5.37. The van der Waals surface area contributed by atoms with Crippen molar-refractivity contribution in [1.29, 1.82) is 0 Å². The van der Waals surface area contributed by atoms with E-state index < -0.39 is 11.4 Å². The molecule has 6 nitrogen and oxygen atoms in total. The maximum atomic E-state index is 13.1. The molecule has 2 aromatic heterocycles. The molecule has 0 amide bonds. The number of aromatic nitrogens is 2. The van der Waals surface area contributed by atoms with E-state index in [1.807, 2.05) is 19.1 Å².